The number of H-pyrrole nitrogens is 1. The minimum atomic E-state index is 0.0641. The first-order valence-corrected chi connectivity index (χ1v) is 11.9. The molecule has 4 aromatic heterocycles. The lowest BCUT2D eigenvalue weighted by Crippen LogP contribution is -2.37. The van der Waals surface area contributed by atoms with Crippen molar-refractivity contribution in [1.29, 1.82) is 0 Å². The van der Waals surface area contributed by atoms with Crippen molar-refractivity contribution >= 4 is 22.7 Å². The number of hydrogen-bond donors (Lipinski definition) is 2. The molecule has 1 saturated heterocycles. The van der Waals surface area contributed by atoms with Crippen molar-refractivity contribution in [2.75, 3.05) is 36.5 Å². The van der Waals surface area contributed by atoms with Crippen molar-refractivity contribution in [3.05, 3.63) is 36.8 Å². The van der Waals surface area contributed by atoms with Crippen molar-refractivity contribution in [2.24, 2.45) is 0 Å². The molecule has 0 atom stereocenters. The summed E-state index contributed by atoms with van der Waals surface area (Å²) >= 11 is 0. The molecule has 0 bridgehead atoms. The van der Waals surface area contributed by atoms with Gasteiger partial charge < -0.3 is 19.7 Å². The Kier molecular flexibility index (Phi) is 6.01. The number of rotatable bonds is 6. The van der Waals surface area contributed by atoms with E-state index in [0.717, 1.165) is 61.1 Å². The van der Waals surface area contributed by atoms with E-state index in [0.29, 0.717) is 36.9 Å². The van der Waals surface area contributed by atoms with Crippen LogP contribution in [0, 0.1) is 0 Å². The van der Waals surface area contributed by atoms with Gasteiger partial charge in [-0.1, -0.05) is 0 Å². The van der Waals surface area contributed by atoms with Gasteiger partial charge in [-0.05, 0) is 43.0 Å². The van der Waals surface area contributed by atoms with Crippen molar-refractivity contribution in [1.82, 2.24) is 40.6 Å². The van der Waals surface area contributed by atoms with Crippen LogP contribution in [-0.2, 0) is 4.74 Å². The topological polar surface area (TPSA) is 140 Å². The Hall–Kier alpha value is -3.93. The fraction of sp³-hybridized carbons (Fsp3) is 0.435. The first kappa shape index (κ1) is 21.6. The van der Waals surface area contributed by atoms with Gasteiger partial charge in [0.25, 0.3) is 0 Å². The second-order valence-electron chi connectivity index (χ2n) is 8.72. The van der Waals surface area contributed by atoms with Gasteiger partial charge in [-0.3, -0.25) is 4.98 Å². The molecule has 2 fully saturated rings. The zero-order valence-corrected chi connectivity index (χ0v) is 19.2. The lowest BCUT2D eigenvalue weighted by Gasteiger charge is -2.31. The highest BCUT2D eigenvalue weighted by molar-refractivity contribution is 5.88. The van der Waals surface area contributed by atoms with Gasteiger partial charge in [0.05, 0.1) is 24.1 Å². The highest BCUT2D eigenvalue weighted by Gasteiger charge is 2.25. The van der Waals surface area contributed by atoms with Crippen LogP contribution in [0.2, 0.25) is 0 Å². The van der Waals surface area contributed by atoms with Crippen LogP contribution in [0.3, 0.4) is 0 Å². The molecule has 1 aliphatic carbocycles. The van der Waals surface area contributed by atoms with Gasteiger partial charge >= 0.3 is 0 Å². The number of nitrogens with zero attached hydrogens (tertiary/aromatic N) is 8. The molecule has 35 heavy (non-hydrogen) atoms. The molecule has 0 radical (unpaired) electrons. The predicted octanol–water partition coefficient (Wildman–Crippen LogP) is 2.24. The van der Waals surface area contributed by atoms with Crippen LogP contribution in [0.4, 0.5) is 11.8 Å². The van der Waals surface area contributed by atoms with E-state index in [4.69, 9.17) is 14.5 Å². The highest BCUT2D eigenvalue weighted by Crippen LogP contribution is 2.33. The maximum absolute atomic E-state index is 6.54. The van der Waals surface area contributed by atoms with Gasteiger partial charge in [-0.25, -0.2) is 9.97 Å². The molecule has 12 nitrogen and oxygen atoms in total. The molecule has 1 saturated carbocycles. The Morgan fingerprint density at radius 2 is 1.86 bits per heavy atom. The number of aromatic nitrogens is 8. The number of hydrogen-bond acceptors (Lipinski definition) is 11. The summed E-state index contributed by atoms with van der Waals surface area (Å²) in [6, 6.07) is 6.12. The summed E-state index contributed by atoms with van der Waals surface area (Å²) in [4.78, 5) is 20.4. The number of pyridine rings is 2. The molecule has 2 aliphatic rings. The molecule has 2 N–H and O–H groups in total. The minimum Gasteiger partial charge on any atom is -0.474 e. The van der Waals surface area contributed by atoms with Gasteiger partial charge in [-0.2, -0.15) is 10.2 Å². The Labute approximate surface area is 201 Å². The Balaban J connectivity index is 1.24. The first-order valence-electron chi connectivity index (χ1n) is 11.9. The number of morpholine rings is 1. The maximum Gasteiger partial charge on any atom is 0.225 e. The van der Waals surface area contributed by atoms with E-state index in [-0.39, 0.29) is 6.10 Å². The lowest BCUT2D eigenvalue weighted by atomic mass is 9.93. The van der Waals surface area contributed by atoms with E-state index in [1.165, 1.54) is 0 Å². The summed E-state index contributed by atoms with van der Waals surface area (Å²) in [5, 5.41) is 18.6. The fourth-order valence-corrected chi connectivity index (χ4v) is 4.57. The van der Waals surface area contributed by atoms with Crippen LogP contribution < -0.4 is 15.0 Å². The van der Waals surface area contributed by atoms with Gasteiger partial charge in [-0.15, -0.1) is 10.2 Å². The molecule has 4 aromatic rings. The highest BCUT2D eigenvalue weighted by atomic mass is 16.5. The summed E-state index contributed by atoms with van der Waals surface area (Å²) in [6.07, 6.45) is 9.07. The van der Waals surface area contributed by atoms with Crippen LogP contribution in [0.15, 0.2) is 36.8 Å². The SMILES string of the molecule is c1cnc(N[C@H]2CC[C@@H](Oc3nc(N4CCOCC4)cc4ncc(-c5nn[nH]n5)cc34)CC2)nc1. The third kappa shape index (κ3) is 4.83. The molecule has 0 unspecified atom stereocenters. The zero-order valence-electron chi connectivity index (χ0n) is 19.2. The van der Waals surface area contributed by atoms with Crippen LogP contribution in [-0.4, -0.2) is 79.0 Å². The normalized spacial score (nSPS) is 20.6. The standard InChI is InChI=1S/C23H26N10O2/c1-6-24-23(25-7-1)27-16-2-4-17(5-3-16)35-22-18-12-15(21-29-31-32-30-21)14-26-19(18)13-20(28-22)33-8-10-34-11-9-33/h1,6-7,12-14,16-17H,2-5,8-11H2,(H,24,25,27)(H,29,30,31,32)/t16-,17+. The van der Waals surface area contributed by atoms with Crippen LogP contribution in [0.1, 0.15) is 25.7 Å². The average Bonchev–Trinajstić information content (AvgIpc) is 3.46. The van der Waals surface area contributed by atoms with E-state index in [1.807, 2.05) is 18.2 Å². The molecule has 12 heteroatoms. The van der Waals surface area contributed by atoms with Crippen molar-refractivity contribution < 1.29 is 9.47 Å². The molecule has 0 spiro atoms. The lowest BCUT2D eigenvalue weighted by molar-refractivity contribution is 0.122. The Bertz CT molecular complexity index is 1260. The summed E-state index contributed by atoms with van der Waals surface area (Å²) < 4.78 is 12.1. The molecule has 1 aliphatic heterocycles. The van der Waals surface area contributed by atoms with Gasteiger partial charge in [0.2, 0.25) is 17.7 Å². The van der Waals surface area contributed by atoms with Gasteiger partial charge in [0.1, 0.15) is 11.9 Å². The Morgan fingerprint density at radius 1 is 1.03 bits per heavy atom. The predicted molar refractivity (Wildman–Crippen MR) is 128 cm³/mol. The largest absolute Gasteiger partial charge is 0.474 e. The van der Waals surface area contributed by atoms with E-state index in [2.05, 4.69) is 45.8 Å². The van der Waals surface area contributed by atoms with Crippen molar-refractivity contribution in [3.8, 4) is 17.3 Å². The molecule has 6 rings (SSSR count). The molecule has 5 heterocycles. The second-order valence-corrected chi connectivity index (χ2v) is 8.72. The fourth-order valence-electron chi connectivity index (χ4n) is 4.57. The molecule has 0 aromatic carbocycles. The third-order valence-corrected chi connectivity index (χ3v) is 6.42. The number of anilines is 2. The molecule has 0 amide bonds. The van der Waals surface area contributed by atoms with Gasteiger partial charge in [0, 0.05) is 49.4 Å². The van der Waals surface area contributed by atoms with Crippen LogP contribution in [0.5, 0.6) is 5.88 Å². The van der Waals surface area contributed by atoms with E-state index >= 15 is 0 Å². The smallest absolute Gasteiger partial charge is 0.225 e. The third-order valence-electron chi connectivity index (χ3n) is 6.42. The summed E-state index contributed by atoms with van der Waals surface area (Å²) in [5.41, 5.74) is 1.58. The van der Waals surface area contributed by atoms with Crippen molar-refractivity contribution in [3.63, 3.8) is 0 Å². The summed E-state index contributed by atoms with van der Waals surface area (Å²) in [7, 11) is 0. The van der Waals surface area contributed by atoms with Gasteiger partial charge in [0.15, 0.2) is 0 Å². The Morgan fingerprint density at radius 3 is 2.63 bits per heavy atom. The number of nitrogens with one attached hydrogen (secondary N) is 2. The van der Waals surface area contributed by atoms with E-state index in [9.17, 15) is 0 Å². The zero-order chi connectivity index (χ0) is 23.5. The first-order chi connectivity index (χ1) is 17.3. The number of ether oxygens (including phenoxy) is 2. The minimum absolute atomic E-state index is 0.0641. The number of fused-ring (bicyclic) bond motifs is 1. The quantitative estimate of drug-likeness (QED) is 0.425. The van der Waals surface area contributed by atoms with E-state index in [1.54, 1.807) is 18.6 Å². The monoisotopic (exact) mass is 474 g/mol. The summed E-state index contributed by atoms with van der Waals surface area (Å²) in [6.45, 7) is 2.94. The number of tetrazole rings is 1. The summed E-state index contributed by atoms with van der Waals surface area (Å²) in [5.74, 6) is 2.59. The van der Waals surface area contributed by atoms with Crippen molar-refractivity contribution in [2.45, 2.75) is 37.8 Å². The van der Waals surface area contributed by atoms with E-state index < -0.39 is 0 Å². The van der Waals surface area contributed by atoms with Crippen LogP contribution >= 0.6 is 0 Å². The number of aromatic amines is 1. The second kappa shape index (κ2) is 9.74. The molecule has 180 valence electrons. The maximum atomic E-state index is 6.54. The molecular weight excluding hydrogens is 448 g/mol. The van der Waals surface area contributed by atoms with Crippen LogP contribution in [0.25, 0.3) is 22.3 Å². The molecular formula is C23H26N10O2. The average molecular weight is 475 g/mol.